The van der Waals surface area contributed by atoms with Crippen molar-refractivity contribution in [3.8, 4) is 0 Å². The predicted molar refractivity (Wildman–Crippen MR) is 61.3 cm³/mol. The van der Waals surface area contributed by atoms with Crippen LogP contribution in [0.25, 0.3) is 10.9 Å². The van der Waals surface area contributed by atoms with Gasteiger partial charge < -0.3 is 4.90 Å². The number of carbonyl (C=O) groups excluding carboxylic acids is 1. The van der Waals surface area contributed by atoms with Gasteiger partial charge in [0.05, 0.1) is 30.7 Å². The molecule has 0 atom stereocenters. The zero-order valence-corrected chi connectivity index (χ0v) is 9.19. The highest BCUT2D eigenvalue weighted by atomic mass is 19.1. The second kappa shape index (κ2) is 3.84. The van der Waals surface area contributed by atoms with Crippen LogP contribution in [0.5, 0.6) is 0 Å². The molecule has 1 amide bonds. The summed E-state index contributed by atoms with van der Waals surface area (Å²) in [6.07, 6.45) is -0.592. The van der Waals surface area contributed by atoms with Crippen molar-refractivity contribution in [2.45, 2.75) is 12.6 Å². The summed E-state index contributed by atoms with van der Waals surface area (Å²) in [5.41, 5.74) is 1.65. The standard InChI is InChI=1S/C12H12FN3O/c13-8-6-16(7-8)12(17)5-11-9-3-1-2-4-10(9)14-15-11/h1-4,8H,5-7H2,(H,14,15). The van der Waals surface area contributed by atoms with E-state index in [0.29, 0.717) is 0 Å². The SMILES string of the molecule is O=C(Cc1[nH]nc2ccccc12)N1CC(F)C1. The van der Waals surface area contributed by atoms with Crippen molar-refractivity contribution in [1.82, 2.24) is 15.1 Å². The maximum Gasteiger partial charge on any atom is 0.228 e. The smallest absolute Gasteiger partial charge is 0.228 e. The van der Waals surface area contributed by atoms with Crippen LogP contribution in [0, 0.1) is 0 Å². The fourth-order valence-corrected chi connectivity index (χ4v) is 2.04. The van der Waals surface area contributed by atoms with E-state index in [0.717, 1.165) is 16.6 Å². The highest BCUT2D eigenvalue weighted by molar-refractivity contribution is 5.87. The lowest BCUT2D eigenvalue weighted by Crippen LogP contribution is -2.52. The van der Waals surface area contributed by atoms with Crippen molar-refractivity contribution in [3.63, 3.8) is 0 Å². The minimum absolute atomic E-state index is 0.0479. The maximum atomic E-state index is 12.6. The number of para-hydroxylation sites is 1. The van der Waals surface area contributed by atoms with E-state index in [1.54, 1.807) is 0 Å². The number of carbonyl (C=O) groups is 1. The van der Waals surface area contributed by atoms with Gasteiger partial charge in [-0.15, -0.1) is 0 Å². The molecule has 4 nitrogen and oxygen atoms in total. The average molecular weight is 233 g/mol. The first-order valence-electron chi connectivity index (χ1n) is 5.58. The summed E-state index contributed by atoms with van der Waals surface area (Å²) >= 11 is 0. The molecule has 0 bridgehead atoms. The van der Waals surface area contributed by atoms with Crippen molar-refractivity contribution in [1.29, 1.82) is 0 Å². The fraction of sp³-hybridized carbons (Fsp3) is 0.333. The van der Waals surface area contributed by atoms with Gasteiger partial charge in [0.25, 0.3) is 0 Å². The number of fused-ring (bicyclic) bond motifs is 1. The molecule has 0 radical (unpaired) electrons. The number of hydrogen-bond donors (Lipinski definition) is 1. The normalized spacial score (nSPS) is 16.2. The Labute approximate surface area is 97.4 Å². The predicted octanol–water partition coefficient (Wildman–Crippen LogP) is 1.29. The van der Waals surface area contributed by atoms with Crippen LogP contribution in [0.4, 0.5) is 4.39 Å². The molecular formula is C12H12FN3O. The second-order valence-corrected chi connectivity index (χ2v) is 4.29. The number of nitrogens with one attached hydrogen (secondary N) is 1. The number of hydrogen-bond acceptors (Lipinski definition) is 2. The number of alkyl halides is 1. The molecular weight excluding hydrogens is 221 g/mol. The van der Waals surface area contributed by atoms with Crippen molar-refractivity contribution in [2.24, 2.45) is 0 Å². The summed E-state index contributed by atoms with van der Waals surface area (Å²) in [6.45, 7) is 0.454. The molecule has 1 fully saturated rings. The molecule has 2 heterocycles. The van der Waals surface area contributed by atoms with Crippen LogP contribution in [-0.2, 0) is 11.2 Å². The van der Waals surface area contributed by atoms with E-state index in [1.165, 1.54) is 4.90 Å². The molecule has 5 heteroatoms. The molecule has 1 aromatic heterocycles. The van der Waals surface area contributed by atoms with Gasteiger partial charge in [-0.3, -0.25) is 9.89 Å². The Bertz CT molecular complexity index is 560. The zero-order chi connectivity index (χ0) is 11.8. The number of benzene rings is 1. The highest BCUT2D eigenvalue weighted by Gasteiger charge is 2.30. The van der Waals surface area contributed by atoms with Gasteiger partial charge in [0.1, 0.15) is 6.17 Å². The third-order valence-electron chi connectivity index (χ3n) is 3.06. The van der Waals surface area contributed by atoms with E-state index < -0.39 is 6.17 Å². The van der Waals surface area contributed by atoms with Crippen molar-refractivity contribution < 1.29 is 9.18 Å². The van der Waals surface area contributed by atoms with Gasteiger partial charge in [-0.25, -0.2) is 4.39 Å². The quantitative estimate of drug-likeness (QED) is 0.849. The van der Waals surface area contributed by atoms with Crippen molar-refractivity contribution in [3.05, 3.63) is 30.0 Å². The second-order valence-electron chi connectivity index (χ2n) is 4.29. The van der Waals surface area contributed by atoms with Crippen LogP contribution < -0.4 is 0 Å². The monoisotopic (exact) mass is 233 g/mol. The first-order valence-corrected chi connectivity index (χ1v) is 5.58. The van der Waals surface area contributed by atoms with Crippen LogP contribution in [0.2, 0.25) is 0 Å². The number of halogens is 1. The molecule has 3 rings (SSSR count). The lowest BCUT2D eigenvalue weighted by molar-refractivity contribution is -0.137. The highest BCUT2D eigenvalue weighted by Crippen LogP contribution is 2.18. The largest absolute Gasteiger partial charge is 0.336 e. The third kappa shape index (κ3) is 1.77. The van der Waals surface area contributed by atoms with Crippen molar-refractivity contribution in [2.75, 3.05) is 13.1 Å². The van der Waals surface area contributed by atoms with E-state index in [9.17, 15) is 9.18 Å². The van der Waals surface area contributed by atoms with Crippen LogP contribution in [0.1, 0.15) is 5.69 Å². The number of aromatic nitrogens is 2. The maximum absolute atomic E-state index is 12.6. The van der Waals surface area contributed by atoms with Gasteiger partial charge in [0.2, 0.25) is 5.91 Å². The van der Waals surface area contributed by atoms with Gasteiger partial charge in [-0.05, 0) is 6.07 Å². The summed E-state index contributed by atoms with van der Waals surface area (Å²) < 4.78 is 12.6. The van der Waals surface area contributed by atoms with Crippen molar-refractivity contribution >= 4 is 16.8 Å². The summed E-state index contributed by atoms with van der Waals surface area (Å²) in [4.78, 5) is 13.3. The molecule has 1 saturated heterocycles. The van der Waals surface area contributed by atoms with E-state index in [4.69, 9.17) is 0 Å². The number of rotatable bonds is 2. The Kier molecular flexibility index (Phi) is 2.31. The topological polar surface area (TPSA) is 49.0 Å². The summed E-state index contributed by atoms with van der Waals surface area (Å²) in [6, 6.07) is 7.63. The van der Waals surface area contributed by atoms with Crippen LogP contribution in [0.3, 0.4) is 0 Å². The fourth-order valence-electron chi connectivity index (χ4n) is 2.04. The number of amides is 1. The van der Waals surface area contributed by atoms with E-state index in [2.05, 4.69) is 10.2 Å². The molecule has 1 N–H and O–H groups in total. The zero-order valence-electron chi connectivity index (χ0n) is 9.19. The molecule has 0 aliphatic carbocycles. The van der Waals surface area contributed by atoms with Gasteiger partial charge in [0.15, 0.2) is 0 Å². The first-order chi connectivity index (χ1) is 8.24. The van der Waals surface area contributed by atoms with Crippen LogP contribution in [0.15, 0.2) is 24.3 Å². The number of H-pyrrole nitrogens is 1. The minimum Gasteiger partial charge on any atom is -0.336 e. The number of nitrogens with zero attached hydrogens (tertiary/aromatic N) is 2. The van der Waals surface area contributed by atoms with Gasteiger partial charge >= 0.3 is 0 Å². The van der Waals surface area contributed by atoms with Crippen LogP contribution in [-0.4, -0.2) is 40.3 Å². The molecule has 0 saturated carbocycles. The minimum atomic E-state index is -0.850. The van der Waals surface area contributed by atoms with E-state index in [-0.39, 0.29) is 25.4 Å². The summed E-state index contributed by atoms with van der Waals surface area (Å²) in [5, 5.41) is 7.94. The molecule has 1 aliphatic heterocycles. The van der Waals surface area contributed by atoms with Crippen LogP contribution >= 0.6 is 0 Å². The first kappa shape index (κ1) is 10.3. The Hall–Kier alpha value is -1.91. The van der Waals surface area contributed by atoms with E-state index >= 15 is 0 Å². The summed E-state index contributed by atoms with van der Waals surface area (Å²) in [5.74, 6) is -0.0479. The lowest BCUT2D eigenvalue weighted by Gasteiger charge is -2.34. The van der Waals surface area contributed by atoms with Gasteiger partial charge in [-0.2, -0.15) is 5.10 Å². The van der Waals surface area contributed by atoms with Gasteiger partial charge in [-0.1, -0.05) is 18.2 Å². The molecule has 0 unspecified atom stereocenters. The third-order valence-corrected chi connectivity index (χ3v) is 3.06. The summed E-state index contributed by atoms with van der Waals surface area (Å²) in [7, 11) is 0. The Morgan fingerprint density at radius 3 is 3.00 bits per heavy atom. The Balaban J connectivity index is 1.78. The number of aromatic amines is 1. The lowest BCUT2D eigenvalue weighted by atomic mass is 10.1. The molecule has 2 aromatic rings. The number of likely N-dealkylation sites (tertiary alicyclic amines) is 1. The molecule has 0 spiro atoms. The molecule has 1 aromatic carbocycles. The molecule has 1 aliphatic rings. The van der Waals surface area contributed by atoms with Gasteiger partial charge in [0, 0.05) is 5.39 Å². The Morgan fingerprint density at radius 2 is 2.24 bits per heavy atom. The van der Waals surface area contributed by atoms with E-state index in [1.807, 2.05) is 24.3 Å². The molecule has 88 valence electrons. The molecule has 17 heavy (non-hydrogen) atoms. The Morgan fingerprint density at radius 1 is 1.47 bits per heavy atom. The average Bonchev–Trinajstić information content (AvgIpc) is 2.69.